The van der Waals surface area contributed by atoms with Crippen LogP contribution < -0.4 is 9.62 Å². The van der Waals surface area contributed by atoms with E-state index in [1.54, 1.807) is 68.4 Å². The van der Waals surface area contributed by atoms with Gasteiger partial charge in [0.2, 0.25) is 11.8 Å². The molecule has 0 aliphatic carbocycles. The van der Waals surface area contributed by atoms with Crippen molar-refractivity contribution in [2.75, 3.05) is 10.8 Å². The maximum absolute atomic E-state index is 14.1. The predicted molar refractivity (Wildman–Crippen MR) is 162 cm³/mol. The SMILES string of the molecule is CC[C@H](C)NC(=O)[C@H](C)N(Cc1c(Cl)cccc1Cl)C(=O)CN(c1cccc(Cl)c1C)S(=O)(=O)c1ccccc1. The second-order valence-electron chi connectivity index (χ2n) is 9.42. The number of nitrogens with zero attached hydrogens (tertiary/aromatic N) is 2. The zero-order chi connectivity index (χ0) is 29.6. The Balaban J connectivity index is 2.10. The van der Waals surface area contributed by atoms with Gasteiger partial charge in [-0.2, -0.15) is 0 Å². The molecule has 11 heteroatoms. The number of benzene rings is 3. The lowest BCUT2D eigenvalue weighted by Crippen LogP contribution is -2.52. The van der Waals surface area contributed by atoms with Crippen LogP contribution in [-0.2, 0) is 26.2 Å². The van der Waals surface area contributed by atoms with Gasteiger partial charge < -0.3 is 10.2 Å². The number of hydrogen-bond donors (Lipinski definition) is 1. The molecule has 0 bridgehead atoms. The lowest BCUT2D eigenvalue weighted by atomic mass is 10.1. The fourth-order valence-corrected chi connectivity index (χ4v) is 6.18. The van der Waals surface area contributed by atoms with E-state index in [2.05, 4.69) is 5.32 Å². The molecule has 0 aliphatic rings. The number of halogens is 3. The highest BCUT2D eigenvalue weighted by molar-refractivity contribution is 7.92. The third kappa shape index (κ3) is 7.29. The van der Waals surface area contributed by atoms with Gasteiger partial charge in [-0.3, -0.25) is 13.9 Å². The number of carbonyl (C=O) groups is 2. The quantitative estimate of drug-likeness (QED) is 0.265. The Morgan fingerprint density at radius 1 is 0.875 bits per heavy atom. The van der Waals surface area contributed by atoms with Crippen LogP contribution in [0.25, 0.3) is 0 Å². The molecule has 214 valence electrons. The molecule has 0 aliphatic heterocycles. The van der Waals surface area contributed by atoms with Crippen LogP contribution in [-0.4, -0.2) is 43.8 Å². The molecule has 0 unspecified atom stereocenters. The van der Waals surface area contributed by atoms with Crippen LogP contribution >= 0.6 is 34.8 Å². The van der Waals surface area contributed by atoms with Crippen LogP contribution in [0.2, 0.25) is 15.1 Å². The topological polar surface area (TPSA) is 86.8 Å². The summed E-state index contributed by atoms with van der Waals surface area (Å²) in [5, 5.41) is 3.87. The smallest absolute Gasteiger partial charge is 0.264 e. The minimum atomic E-state index is -4.21. The normalized spacial score (nSPS) is 12.9. The van der Waals surface area contributed by atoms with E-state index in [1.165, 1.54) is 17.0 Å². The first kappa shape index (κ1) is 31.7. The molecule has 40 heavy (non-hydrogen) atoms. The highest BCUT2D eigenvalue weighted by atomic mass is 35.5. The number of carbonyl (C=O) groups excluding carboxylic acids is 2. The van der Waals surface area contributed by atoms with Crippen molar-refractivity contribution in [2.45, 2.75) is 57.6 Å². The minimum Gasteiger partial charge on any atom is -0.352 e. The van der Waals surface area contributed by atoms with Gasteiger partial charge in [0.1, 0.15) is 12.6 Å². The van der Waals surface area contributed by atoms with Gasteiger partial charge in [-0.1, -0.05) is 72.1 Å². The number of anilines is 1. The second-order valence-corrected chi connectivity index (χ2v) is 12.5. The summed E-state index contributed by atoms with van der Waals surface area (Å²) >= 11 is 19.2. The van der Waals surface area contributed by atoms with Crippen LogP contribution in [0.3, 0.4) is 0 Å². The first-order valence-electron chi connectivity index (χ1n) is 12.7. The molecule has 1 N–H and O–H groups in total. The van der Waals surface area contributed by atoms with Crippen LogP contribution in [0, 0.1) is 6.92 Å². The molecule has 0 spiro atoms. The Kier molecular flexibility index (Phi) is 10.9. The molecular formula is C29H32Cl3N3O4S. The molecule has 3 aromatic rings. The maximum atomic E-state index is 14.1. The number of nitrogens with one attached hydrogen (secondary N) is 1. The molecule has 0 aromatic heterocycles. The van der Waals surface area contributed by atoms with Crippen molar-refractivity contribution in [3.63, 3.8) is 0 Å². The molecule has 3 aromatic carbocycles. The van der Waals surface area contributed by atoms with Crippen molar-refractivity contribution in [1.29, 1.82) is 0 Å². The van der Waals surface area contributed by atoms with Crippen molar-refractivity contribution in [2.24, 2.45) is 0 Å². The summed E-state index contributed by atoms with van der Waals surface area (Å²) in [5.74, 6) is -1.01. The monoisotopic (exact) mass is 623 g/mol. The molecule has 0 fully saturated rings. The van der Waals surface area contributed by atoms with Gasteiger partial charge in [-0.25, -0.2) is 8.42 Å². The summed E-state index contributed by atoms with van der Waals surface area (Å²) in [6.45, 7) is 6.35. The molecule has 3 rings (SSSR count). The second kappa shape index (κ2) is 13.7. The van der Waals surface area contributed by atoms with Gasteiger partial charge in [0.25, 0.3) is 10.0 Å². The number of rotatable bonds is 11. The number of amides is 2. The van der Waals surface area contributed by atoms with Crippen molar-refractivity contribution < 1.29 is 18.0 Å². The summed E-state index contributed by atoms with van der Waals surface area (Å²) in [6.07, 6.45) is 0.694. The summed E-state index contributed by atoms with van der Waals surface area (Å²) in [6, 6.07) is 16.5. The molecule has 0 saturated heterocycles. The predicted octanol–water partition coefficient (Wildman–Crippen LogP) is 6.48. The van der Waals surface area contributed by atoms with Crippen LogP contribution in [0.1, 0.15) is 38.3 Å². The lowest BCUT2D eigenvalue weighted by molar-refractivity contribution is -0.139. The molecule has 0 saturated carbocycles. The van der Waals surface area contributed by atoms with Crippen LogP contribution in [0.4, 0.5) is 5.69 Å². The summed E-state index contributed by atoms with van der Waals surface area (Å²) in [5.41, 5.74) is 1.18. The van der Waals surface area contributed by atoms with Gasteiger partial charge >= 0.3 is 0 Å². The van der Waals surface area contributed by atoms with Crippen LogP contribution in [0.15, 0.2) is 71.6 Å². The third-order valence-corrected chi connectivity index (χ3v) is 9.57. The first-order valence-corrected chi connectivity index (χ1v) is 15.3. The van der Waals surface area contributed by atoms with E-state index in [9.17, 15) is 18.0 Å². The fraction of sp³-hybridized carbons (Fsp3) is 0.310. The number of sulfonamides is 1. The van der Waals surface area contributed by atoms with Crippen molar-refractivity contribution in [1.82, 2.24) is 10.2 Å². The maximum Gasteiger partial charge on any atom is 0.264 e. The van der Waals surface area contributed by atoms with E-state index in [4.69, 9.17) is 34.8 Å². The molecule has 2 atom stereocenters. The fourth-order valence-electron chi connectivity index (χ4n) is 4.00. The summed E-state index contributed by atoms with van der Waals surface area (Å²) < 4.78 is 28.8. The van der Waals surface area contributed by atoms with E-state index in [1.807, 2.05) is 13.8 Å². The molecular weight excluding hydrogens is 593 g/mol. The van der Waals surface area contributed by atoms with E-state index in [-0.39, 0.29) is 29.1 Å². The minimum absolute atomic E-state index is 0.00503. The van der Waals surface area contributed by atoms with Crippen molar-refractivity contribution in [3.8, 4) is 0 Å². The molecule has 0 radical (unpaired) electrons. The van der Waals surface area contributed by atoms with Gasteiger partial charge in [0.15, 0.2) is 0 Å². The number of hydrogen-bond acceptors (Lipinski definition) is 4. The summed E-state index contributed by atoms with van der Waals surface area (Å²) in [7, 11) is -4.21. The van der Waals surface area contributed by atoms with E-state index < -0.39 is 28.5 Å². The molecule has 2 amide bonds. The van der Waals surface area contributed by atoms with Gasteiger partial charge in [0, 0.05) is 33.2 Å². The largest absolute Gasteiger partial charge is 0.352 e. The summed E-state index contributed by atoms with van der Waals surface area (Å²) in [4.78, 5) is 28.5. The Bertz CT molecular complexity index is 1450. The van der Waals surface area contributed by atoms with E-state index >= 15 is 0 Å². The molecule has 7 nitrogen and oxygen atoms in total. The van der Waals surface area contributed by atoms with Gasteiger partial charge in [-0.15, -0.1) is 0 Å². The van der Waals surface area contributed by atoms with E-state index in [0.717, 1.165) is 4.31 Å². The zero-order valence-corrected chi connectivity index (χ0v) is 25.8. The van der Waals surface area contributed by atoms with Crippen molar-refractivity contribution in [3.05, 3.63) is 92.9 Å². The van der Waals surface area contributed by atoms with Crippen molar-refractivity contribution >= 4 is 62.3 Å². The average Bonchev–Trinajstić information content (AvgIpc) is 2.93. The highest BCUT2D eigenvalue weighted by Crippen LogP contribution is 2.32. The molecule has 0 heterocycles. The Hall–Kier alpha value is -2.78. The Morgan fingerprint density at radius 3 is 2.05 bits per heavy atom. The lowest BCUT2D eigenvalue weighted by Gasteiger charge is -2.33. The third-order valence-electron chi connectivity index (χ3n) is 6.68. The van der Waals surface area contributed by atoms with E-state index in [0.29, 0.717) is 32.6 Å². The zero-order valence-electron chi connectivity index (χ0n) is 22.7. The standard InChI is InChI=1S/C29H32Cl3N3O4S/c1-5-19(2)33-29(37)21(4)34(17-23-25(31)14-9-15-26(23)32)28(36)18-35(27-16-10-13-24(30)20(27)3)40(38,39)22-11-7-6-8-12-22/h6-16,19,21H,5,17-18H2,1-4H3,(H,33,37)/t19-,21-/m0/s1. The highest BCUT2D eigenvalue weighted by Gasteiger charge is 2.34. The van der Waals surface area contributed by atoms with Gasteiger partial charge in [0.05, 0.1) is 10.6 Å². The average molecular weight is 625 g/mol. The van der Waals surface area contributed by atoms with Crippen LogP contribution in [0.5, 0.6) is 0 Å². The first-order chi connectivity index (χ1) is 18.9. The Labute approximate surface area is 251 Å². The van der Waals surface area contributed by atoms with Gasteiger partial charge in [-0.05, 0) is 69.2 Å². The Morgan fingerprint density at radius 2 is 1.45 bits per heavy atom.